The van der Waals surface area contributed by atoms with E-state index in [4.69, 9.17) is 14.2 Å². The van der Waals surface area contributed by atoms with E-state index in [1.54, 1.807) is 7.11 Å². The predicted octanol–water partition coefficient (Wildman–Crippen LogP) is 3.21. The normalized spacial score (nSPS) is 13.9. The maximum atomic E-state index is 12.4. The third-order valence-electron chi connectivity index (χ3n) is 4.73. The number of nitrogens with zero attached hydrogens (tertiary/aromatic N) is 2. The Morgan fingerprint density at radius 3 is 2.00 bits per heavy atom. The van der Waals surface area contributed by atoms with Gasteiger partial charge >= 0.3 is 0 Å². The highest BCUT2D eigenvalue weighted by Crippen LogP contribution is 2.21. The van der Waals surface area contributed by atoms with Gasteiger partial charge in [-0.1, -0.05) is 6.92 Å². The zero-order chi connectivity index (χ0) is 19.8. The summed E-state index contributed by atoms with van der Waals surface area (Å²) >= 11 is 0. The van der Waals surface area contributed by atoms with Crippen molar-refractivity contribution in [3.05, 3.63) is 48.5 Å². The Bertz CT molecular complexity index is 738. The van der Waals surface area contributed by atoms with E-state index < -0.39 is 0 Å². The Labute approximate surface area is 166 Å². The number of carbonyl (C=O) groups is 1. The van der Waals surface area contributed by atoms with Gasteiger partial charge in [-0.2, -0.15) is 0 Å². The van der Waals surface area contributed by atoms with Crippen LogP contribution in [0.25, 0.3) is 0 Å². The third kappa shape index (κ3) is 5.31. The number of amides is 1. The highest BCUT2D eigenvalue weighted by atomic mass is 16.5. The van der Waals surface area contributed by atoms with Crippen molar-refractivity contribution in [2.45, 2.75) is 13.3 Å². The molecule has 0 saturated carbocycles. The molecule has 0 atom stereocenters. The van der Waals surface area contributed by atoms with Gasteiger partial charge in [-0.25, -0.2) is 0 Å². The topological polar surface area (TPSA) is 51.2 Å². The van der Waals surface area contributed by atoms with Crippen LogP contribution in [0.1, 0.15) is 13.3 Å². The Balaban J connectivity index is 1.43. The molecule has 1 amide bonds. The lowest BCUT2D eigenvalue weighted by atomic mass is 10.2. The molecule has 0 bridgehead atoms. The fourth-order valence-electron chi connectivity index (χ4n) is 3.10. The molecule has 2 aromatic carbocycles. The molecule has 0 spiro atoms. The van der Waals surface area contributed by atoms with Crippen LogP contribution in [0.3, 0.4) is 0 Å². The highest BCUT2D eigenvalue weighted by molar-refractivity contribution is 5.78. The van der Waals surface area contributed by atoms with Gasteiger partial charge in [0.15, 0.2) is 6.61 Å². The van der Waals surface area contributed by atoms with Gasteiger partial charge in [0.2, 0.25) is 0 Å². The molecule has 3 rings (SSSR count). The Kier molecular flexibility index (Phi) is 7.00. The second kappa shape index (κ2) is 9.88. The maximum Gasteiger partial charge on any atom is 0.260 e. The van der Waals surface area contributed by atoms with Crippen molar-refractivity contribution in [2.75, 3.05) is 51.4 Å². The standard InChI is InChI=1S/C22H28N2O4/c1-3-16-27-20-8-10-21(11-9-20)28-17-22(25)24-14-12-23(13-15-24)18-4-6-19(26-2)7-5-18/h4-11H,3,12-17H2,1-2H3. The minimum absolute atomic E-state index is 0.0145. The molecule has 1 heterocycles. The smallest absolute Gasteiger partial charge is 0.260 e. The first-order valence-electron chi connectivity index (χ1n) is 9.72. The largest absolute Gasteiger partial charge is 0.497 e. The van der Waals surface area contributed by atoms with Crippen molar-refractivity contribution in [2.24, 2.45) is 0 Å². The number of ether oxygens (including phenoxy) is 3. The summed E-state index contributed by atoms with van der Waals surface area (Å²) in [5.74, 6) is 2.35. The predicted molar refractivity (Wildman–Crippen MR) is 110 cm³/mol. The fraction of sp³-hybridized carbons (Fsp3) is 0.409. The van der Waals surface area contributed by atoms with E-state index in [1.165, 1.54) is 0 Å². The maximum absolute atomic E-state index is 12.4. The van der Waals surface area contributed by atoms with E-state index >= 15 is 0 Å². The number of benzene rings is 2. The molecule has 6 nitrogen and oxygen atoms in total. The highest BCUT2D eigenvalue weighted by Gasteiger charge is 2.21. The van der Waals surface area contributed by atoms with E-state index in [9.17, 15) is 4.79 Å². The molecular formula is C22H28N2O4. The van der Waals surface area contributed by atoms with Gasteiger partial charge in [-0.05, 0) is 55.0 Å². The first kappa shape index (κ1) is 19.9. The molecule has 28 heavy (non-hydrogen) atoms. The summed E-state index contributed by atoms with van der Waals surface area (Å²) in [7, 11) is 1.66. The Morgan fingerprint density at radius 1 is 0.857 bits per heavy atom. The molecule has 0 aromatic heterocycles. The molecule has 1 aliphatic rings. The zero-order valence-electron chi connectivity index (χ0n) is 16.6. The summed E-state index contributed by atoms with van der Waals surface area (Å²) in [5, 5.41) is 0. The monoisotopic (exact) mass is 384 g/mol. The van der Waals surface area contributed by atoms with Crippen LogP contribution in [0.2, 0.25) is 0 Å². The number of anilines is 1. The molecule has 150 valence electrons. The van der Waals surface area contributed by atoms with Gasteiger partial charge in [-0.3, -0.25) is 4.79 Å². The van der Waals surface area contributed by atoms with Gasteiger partial charge < -0.3 is 24.0 Å². The number of hydrogen-bond acceptors (Lipinski definition) is 5. The Hall–Kier alpha value is -2.89. The summed E-state index contributed by atoms with van der Waals surface area (Å²) in [5.41, 5.74) is 1.15. The van der Waals surface area contributed by atoms with E-state index in [-0.39, 0.29) is 12.5 Å². The lowest BCUT2D eigenvalue weighted by Crippen LogP contribution is -2.50. The van der Waals surface area contributed by atoms with Gasteiger partial charge in [0.05, 0.1) is 13.7 Å². The van der Waals surface area contributed by atoms with Crippen LogP contribution >= 0.6 is 0 Å². The fourth-order valence-corrected chi connectivity index (χ4v) is 3.10. The molecule has 2 aromatic rings. The summed E-state index contributed by atoms with van der Waals surface area (Å²) in [6, 6.07) is 15.4. The lowest BCUT2D eigenvalue weighted by molar-refractivity contribution is -0.133. The van der Waals surface area contributed by atoms with Crippen molar-refractivity contribution >= 4 is 11.6 Å². The summed E-state index contributed by atoms with van der Waals surface area (Å²) in [4.78, 5) is 16.6. The van der Waals surface area contributed by atoms with Crippen molar-refractivity contribution in [3.63, 3.8) is 0 Å². The number of methoxy groups -OCH3 is 1. The summed E-state index contributed by atoms with van der Waals surface area (Å²) in [6.45, 7) is 5.82. The van der Waals surface area contributed by atoms with Crippen molar-refractivity contribution in [1.29, 1.82) is 0 Å². The van der Waals surface area contributed by atoms with Crippen LogP contribution in [0.5, 0.6) is 17.2 Å². The minimum atomic E-state index is 0.0145. The van der Waals surface area contributed by atoms with Crippen LogP contribution < -0.4 is 19.1 Å². The average Bonchev–Trinajstić information content (AvgIpc) is 2.77. The Morgan fingerprint density at radius 2 is 1.43 bits per heavy atom. The first-order chi connectivity index (χ1) is 13.7. The number of carbonyl (C=O) groups excluding carboxylic acids is 1. The van der Waals surface area contributed by atoms with Crippen LogP contribution in [-0.4, -0.2) is 57.3 Å². The van der Waals surface area contributed by atoms with Crippen molar-refractivity contribution < 1.29 is 19.0 Å². The summed E-state index contributed by atoms with van der Waals surface area (Å²) in [6.07, 6.45) is 0.971. The molecular weight excluding hydrogens is 356 g/mol. The van der Waals surface area contributed by atoms with E-state index in [1.807, 2.05) is 53.4 Å². The molecule has 1 aliphatic heterocycles. The van der Waals surface area contributed by atoms with Crippen LogP contribution in [0.15, 0.2) is 48.5 Å². The molecule has 0 aliphatic carbocycles. The van der Waals surface area contributed by atoms with Crippen LogP contribution in [0.4, 0.5) is 5.69 Å². The molecule has 0 N–H and O–H groups in total. The molecule has 0 radical (unpaired) electrons. The first-order valence-corrected chi connectivity index (χ1v) is 9.72. The quantitative estimate of drug-likeness (QED) is 0.700. The van der Waals surface area contributed by atoms with Gasteiger partial charge in [0.25, 0.3) is 5.91 Å². The number of rotatable bonds is 8. The van der Waals surface area contributed by atoms with Crippen LogP contribution in [0, 0.1) is 0 Å². The molecule has 6 heteroatoms. The van der Waals surface area contributed by atoms with E-state index in [0.717, 1.165) is 36.7 Å². The second-order valence-electron chi connectivity index (χ2n) is 6.67. The van der Waals surface area contributed by atoms with Gasteiger partial charge in [0, 0.05) is 31.9 Å². The second-order valence-corrected chi connectivity index (χ2v) is 6.67. The third-order valence-corrected chi connectivity index (χ3v) is 4.73. The van der Waals surface area contributed by atoms with Gasteiger partial charge in [-0.15, -0.1) is 0 Å². The molecule has 0 unspecified atom stereocenters. The minimum Gasteiger partial charge on any atom is -0.497 e. The molecule has 1 saturated heterocycles. The zero-order valence-corrected chi connectivity index (χ0v) is 16.6. The number of hydrogen-bond donors (Lipinski definition) is 0. The SMILES string of the molecule is CCCOc1ccc(OCC(=O)N2CCN(c3ccc(OC)cc3)CC2)cc1. The van der Waals surface area contributed by atoms with E-state index in [2.05, 4.69) is 11.8 Å². The number of piperazine rings is 1. The lowest BCUT2D eigenvalue weighted by Gasteiger charge is -2.36. The average molecular weight is 384 g/mol. The van der Waals surface area contributed by atoms with Crippen molar-refractivity contribution in [1.82, 2.24) is 4.90 Å². The van der Waals surface area contributed by atoms with E-state index in [0.29, 0.717) is 25.4 Å². The van der Waals surface area contributed by atoms with Crippen molar-refractivity contribution in [3.8, 4) is 17.2 Å². The van der Waals surface area contributed by atoms with Crippen LogP contribution in [-0.2, 0) is 4.79 Å². The molecule has 1 fully saturated rings. The summed E-state index contributed by atoms with van der Waals surface area (Å²) < 4.78 is 16.4. The van der Waals surface area contributed by atoms with Gasteiger partial charge in [0.1, 0.15) is 17.2 Å².